The monoisotopic (exact) mass is 287 g/mol. The number of rotatable bonds is 4. The molecule has 0 saturated carbocycles. The van der Waals surface area contributed by atoms with Crippen LogP contribution in [0.15, 0.2) is 18.6 Å². The average molecular weight is 287 g/mol. The van der Waals surface area contributed by atoms with Crippen LogP contribution in [0.4, 0.5) is 0 Å². The minimum Gasteiger partial charge on any atom is -0.340 e. The Morgan fingerprint density at radius 1 is 1.52 bits per heavy atom. The van der Waals surface area contributed by atoms with Gasteiger partial charge >= 0.3 is 0 Å². The van der Waals surface area contributed by atoms with Gasteiger partial charge in [0.1, 0.15) is 12.4 Å². The molecule has 2 aromatic heterocycles. The molecule has 112 valence electrons. The van der Waals surface area contributed by atoms with Crippen molar-refractivity contribution in [1.82, 2.24) is 24.6 Å². The largest absolute Gasteiger partial charge is 0.340 e. The molecule has 1 atom stereocenters. The van der Waals surface area contributed by atoms with Crippen molar-refractivity contribution in [3.05, 3.63) is 35.7 Å². The maximum absolute atomic E-state index is 12.4. The molecule has 1 fully saturated rings. The van der Waals surface area contributed by atoms with E-state index in [0.717, 1.165) is 31.8 Å². The van der Waals surface area contributed by atoms with E-state index in [1.54, 1.807) is 6.20 Å². The Labute approximate surface area is 124 Å². The lowest BCUT2D eigenvalue weighted by atomic mass is 10.0. The van der Waals surface area contributed by atoms with Gasteiger partial charge in [0, 0.05) is 43.5 Å². The van der Waals surface area contributed by atoms with Gasteiger partial charge < -0.3 is 9.47 Å². The summed E-state index contributed by atoms with van der Waals surface area (Å²) in [5.74, 6) is 1.51. The highest BCUT2D eigenvalue weighted by molar-refractivity contribution is 5.76. The third-order valence-electron chi connectivity index (χ3n) is 4.24. The maximum Gasteiger partial charge on any atom is 0.242 e. The third kappa shape index (κ3) is 2.70. The van der Waals surface area contributed by atoms with Crippen LogP contribution in [-0.2, 0) is 17.8 Å². The van der Waals surface area contributed by atoms with Crippen LogP contribution in [0.25, 0.3) is 0 Å². The van der Waals surface area contributed by atoms with Crippen LogP contribution in [0, 0.1) is 6.92 Å². The molecule has 0 spiro atoms. The van der Waals surface area contributed by atoms with E-state index in [4.69, 9.17) is 0 Å². The molecule has 0 aliphatic carbocycles. The Kier molecular flexibility index (Phi) is 3.77. The molecule has 2 aromatic rings. The van der Waals surface area contributed by atoms with Gasteiger partial charge in [-0.3, -0.25) is 9.89 Å². The molecule has 1 amide bonds. The summed E-state index contributed by atoms with van der Waals surface area (Å²) in [7, 11) is 0. The number of aromatic amines is 1. The van der Waals surface area contributed by atoms with Crippen LogP contribution in [0.3, 0.4) is 0 Å². The number of carbonyl (C=O) groups is 1. The summed E-state index contributed by atoms with van der Waals surface area (Å²) in [4.78, 5) is 18.6. The van der Waals surface area contributed by atoms with Gasteiger partial charge in [0.25, 0.3) is 0 Å². The highest BCUT2D eigenvalue weighted by atomic mass is 16.2. The summed E-state index contributed by atoms with van der Waals surface area (Å²) in [6.45, 7) is 6.09. The van der Waals surface area contributed by atoms with Crippen LogP contribution in [0.2, 0.25) is 0 Å². The smallest absolute Gasteiger partial charge is 0.242 e. The second kappa shape index (κ2) is 5.71. The first-order valence-electron chi connectivity index (χ1n) is 7.46. The summed E-state index contributed by atoms with van der Waals surface area (Å²) < 4.78 is 1.94. The van der Waals surface area contributed by atoms with E-state index < -0.39 is 0 Å². The number of nitrogens with one attached hydrogen (secondary N) is 1. The number of nitrogens with zero attached hydrogens (tertiary/aromatic N) is 4. The van der Waals surface area contributed by atoms with Crippen LogP contribution < -0.4 is 0 Å². The highest BCUT2D eigenvalue weighted by Crippen LogP contribution is 2.27. The number of amides is 1. The maximum atomic E-state index is 12.4. The molecule has 0 radical (unpaired) electrons. The predicted molar refractivity (Wildman–Crippen MR) is 78.9 cm³/mol. The first-order valence-corrected chi connectivity index (χ1v) is 7.46. The van der Waals surface area contributed by atoms with E-state index in [1.165, 1.54) is 11.3 Å². The first-order chi connectivity index (χ1) is 10.2. The van der Waals surface area contributed by atoms with Gasteiger partial charge in [0.15, 0.2) is 0 Å². The summed E-state index contributed by atoms with van der Waals surface area (Å²) in [5.41, 5.74) is 2.35. The zero-order valence-corrected chi connectivity index (χ0v) is 12.5. The van der Waals surface area contributed by atoms with Crippen LogP contribution in [0.5, 0.6) is 0 Å². The zero-order valence-electron chi connectivity index (χ0n) is 12.5. The number of hydrogen-bond donors (Lipinski definition) is 1. The fraction of sp³-hybridized carbons (Fsp3) is 0.533. The van der Waals surface area contributed by atoms with Crippen molar-refractivity contribution in [2.75, 3.05) is 13.1 Å². The van der Waals surface area contributed by atoms with Crippen molar-refractivity contribution in [2.24, 2.45) is 0 Å². The molecular formula is C15H21N5O. The van der Waals surface area contributed by atoms with E-state index in [9.17, 15) is 4.79 Å². The summed E-state index contributed by atoms with van der Waals surface area (Å²) in [5, 5.41) is 7.15. The predicted octanol–water partition coefficient (Wildman–Crippen LogP) is 1.49. The lowest BCUT2D eigenvalue weighted by Gasteiger charge is -2.17. The van der Waals surface area contributed by atoms with E-state index in [0.29, 0.717) is 12.5 Å². The number of H-pyrrole nitrogens is 1. The van der Waals surface area contributed by atoms with E-state index in [2.05, 4.69) is 29.0 Å². The summed E-state index contributed by atoms with van der Waals surface area (Å²) in [6.07, 6.45) is 7.32. The Bertz CT molecular complexity index is 630. The number of hydrogen-bond acceptors (Lipinski definition) is 3. The van der Waals surface area contributed by atoms with Gasteiger partial charge in [-0.2, -0.15) is 5.10 Å². The van der Waals surface area contributed by atoms with Gasteiger partial charge in [0.2, 0.25) is 5.91 Å². The highest BCUT2D eigenvalue weighted by Gasteiger charge is 2.29. The van der Waals surface area contributed by atoms with Gasteiger partial charge in [-0.05, 0) is 18.9 Å². The Morgan fingerprint density at radius 3 is 3.10 bits per heavy atom. The number of likely N-dealkylation sites (tertiary alicyclic amines) is 1. The molecule has 6 nitrogen and oxygen atoms in total. The van der Waals surface area contributed by atoms with Crippen molar-refractivity contribution in [1.29, 1.82) is 0 Å². The van der Waals surface area contributed by atoms with E-state index >= 15 is 0 Å². The quantitative estimate of drug-likeness (QED) is 0.926. The first kappa shape index (κ1) is 13.9. The zero-order chi connectivity index (χ0) is 14.8. The third-order valence-corrected chi connectivity index (χ3v) is 4.24. The van der Waals surface area contributed by atoms with Crippen molar-refractivity contribution < 1.29 is 4.79 Å². The molecule has 6 heteroatoms. The standard InChI is InChI=1S/C15H21N5O/c1-3-13-16-5-7-19(13)10-14(21)20-6-4-12(9-20)15-11(2)8-17-18-15/h5,7-8,12H,3-4,6,9-10H2,1-2H3,(H,17,18)/t12-/m1/s1. The minimum absolute atomic E-state index is 0.169. The lowest BCUT2D eigenvalue weighted by molar-refractivity contribution is -0.130. The molecule has 1 aliphatic heterocycles. The Balaban J connectivity index is 1.63. The van der Waals surface area contributed by atoms with Crippen LogP contribution >= 0.6 is 0 Å². The summed E-state index contributed by atoms with van der Waals surface area (Å²) >= 11 is 0. The molecule has 21 heavy (non-hydrogen) atoms. The van der Waals surface area contributed by atoms with Crippen LogP contribution in [0.1, 0.15) is 36.3 Å². The molecule has 0 bridgehead atoms. The van der Waals surface area contributed by atoms with Crippen molar-refractivity contribution in [2.45, 2.75) is 39.2 Å². The van der Waals surface area contributed by atoms with E-state index in [-0.39, 0.29) is 5.91 Å². The van der Waals surface area contributed by atoms with Gasteiger partial charge in [0.05, 0.1) is 6.20 Å². The number of aromatic nitrogens is 4. The summed E-state index contributed by atoms with van der Waals surface area (Å²) in [6, 6.07) is 0. The lowest BCUT2D eigenvalue weighted by Crippen LogP contribution is -2.32. The van der Waals surface area contributed by atoms with Crippen molar-refractivity contribution >= 4 is 5.91 Å². The number of carbonyl (C=O) groups excluding carboxylic acids is 1. The fourth-order valence-corrected chi connectivity index (χ4v) is 3.04. The fourth-order valence-electron chi connectivity index (χ4n) is 3.04. The molecule has 0 unspecified atom stereocenters. The van der Waals surface area contributed by atoms with Crippen LogP contribution in [-0.4, -0.2) is 43.6 Å². The number of imidazole rings is 1. The van der Waals surface area contributed by atoms with Gasteiger partial charge in [-0.1, -0.05) is 6.92 Å². The molecule has 0 aromatic carbocycles. The minimum atomic E-state index is 0.169. The second-order valence-electron chi connectivity index (χ2n) is 5.62. The molecular weight excluding hydrogens is 266 g/mol. The van der Waals surface area contributed by atoms with Crippen molar-refractivity contribution in [3.8, 4) is 0 Å². The molecule has 1 N–H and O–H groups in total. The van der Waals surface area contributed by atoms with Crippen molar-refractivity contribution in [3.63, 3.8) is 0 Å². The molecule has 3 rings (SSSR count). The van der Waals surface area contributed by atoms with E-state index in [1.807, 2.05) is 21.9 Å². The van der Waals surface area contributed by atoms with Gasteiger partial charge in [-0.25, -0.2) is 4.98 Å². The Morgan fingerprint density at radius 2 is 2.38 bits per heavy atom. The molecule has 1 aliphatic rings. The molecule has 3 heterocycles. The topological polar surface area (TPSA) is 66.8 Å². The second-order valence-corrected chi connectivity index (χ2v) is 5.62. The molecule has 1 saturated heterocycles. The number of aryl methyl sites for hydroxylation is 2. The normalized spacial score (nSPS) is 18.4. The SMILES string of the molecule is CCc1nccn1CC(=O)N1CC[C@@H](c2[nH]ncc2C)C1. The average Bonchev–Trinajstić information content (AvgIpc) is 3.17. The Hall–Kier alpha value is -2.11. The van der Waals surface area contributed by atoms with Gasteiger partial charge in [-0.15, -0.1) is 0 Å².